The number of thiol groups is 1. The highest BCUT2D eigenvalue weighted by molar-refractivity contribution is 7.71. The molecule has 0 aliphatic heterocycles. The number of carbonyl (C=O) groups excluding carboxylic acids is 1. The molecule has 5 rings (SSSR count). The van der Waals surface area contributed by atoms with E-state index in [-0.39, 0.29) is 5.75 Å². The zero-order valence-electron chi connectivity index (χ0n) is 17.3. The lowest BCUT2D eigenvalue weighted by Gasteiger charge is -2.11. The molecule has 0 spiro atoms. The average molecular weight is 438 g/mol. The van der Waals surface area contributed by atoms with E-state index in [2.05, 4.69) is 9.72 Å². The minimum Gasteiger partial charge on any atom is -0.366 e. The standard InChI is InChI=1S/C23H23N3O4S/c1-12-20(13(2)30-25-12)16-8-17-21-15(11-31(28)29)4-3-5-19(21)26(10-14-6-7-14)22(17)18(9-16)23(24)27/h3-5,8-9,14,31H,6-7,10-11H2,1-2H3,(H2,24,27). The predicted octanol–water partition coefficient (Wildman–Crippen LogP) is 3.69. The van der Waals surface area contributed by atoms with Crippen molar-refractivity contribution in [3.05, 3.63) is 52.9 Å². The van der Waals surface area contributed by atoms with Crippen molar-refractivity contribution in [2.75, 3.05) is 0 Å². The number of nitrogens with two attached hydrogens (primary N) is 1. The van der Waals surface area contributed by atoms with Crippen LogP contribution < -0.4 is 5.73 Å². The highest BCUT2D eigenvalue weighted by atomic mass is 32.2. The van der Waals surface area contributed by atoms with Crippen molar-refractivity contribution in [2.24, 2.45) is 11.7 Å². The number of nitrogens with zero attached hydrogens (tertiary/aromatic N) is 2. The van der Waals surface area contributed by atoms with Gasteiger partial charge in [0.1, 0.15) is 16.5 Å². The van der Waals surface area contributed by atoms with Gasteiger partial charge in [0.05, 0.1) is 22.5 Å². The van der Waals surface area contributed by atoms with Gasteiger partial charge >= 0.3 is 0 Å². The molecule has 1 aliphatic carbocycles. The van der Waals surface area contributed by atoms with Gasteiger partial charge in [-0.2, -0.15) is 0 Å². The fourth-order valence-corrected chi connectivity index (χ4v) is 5.15. The molecule has 1 saturated carbocycles. The molecule has 4 aromatic rings. The summed E-state index contributed by atoms with van der Waals surface area (Å²) in [6, 6.07) is 9.49. The van der Waals surface area contributed by atoms with Crippen LogP contribution in [0.4, 0.5) is 0 Å². The van der Waals surface area contributed by atoms with Gasteiger partial charge in [-0.3, -0.25) is 4.79 Å². The van der Waals surface area contributed by atoms with Crippen LogP contribution in [0.3, 0.4) is 0 Å². The van der Waals surface area contributed by atoms with E-state index in [0.29, 0.717) is 17.2 Å². The molecule has 2 aromatic heterocycles. The summed E-state index contributed by atoms with van der Waals surface area (Å²) in [4.78, 5) is 12.6. The molecule has 1 aliphatic rings. The van der Waals surface area contributed by atoms with E-state index in [1.807, 2.05) is 38.1 Å². The van der Waals surface area contributed by atoms with Crippen LogP contribution in [0.25, 0.3) is 32.9 Å². The first-order valence-electron chi connectivity index (χ1n) is 10.3. The third-order valence-electron chi connectivity index (χ3n) is 6.09. The van der Waals surface area contributed by atoms with Crippen molar-refractivity contribution in [1.82, 2.24) is 9.72 Å². The highest BCUT2D eigenvalue weighted by Crippen LogP contribution is 2.41. The van der Waals surface area contributed by atoms with Gasteiger partial charge < -0.3 is 14.8 Å². The Morgan fingerprint density at radius 1 is 1.26 bits per heavy atom. The Bertz CT molecular complexity index is 1410. The molecule has 2 N–H and O–H groups in total. The van der Waals surface area contributed by atoms with Crippen molar-refractivity contribution in [2.45, 2.75) is 39.0 Å². The second-order valence-corrected chi connectivity index (χ2v) is 9.32. The lowest BCUT2D eigenvalue weighted by Crippen LogP contribution is -2.14. The topological polar surface area (TPSA) is 108 Å². The summed E-state index contributed by atoms with van der Waals surface area (Å²) in [6.07, 6.45) is 2.30. The summed E-state index contributed by atoms with van der Waals surface area (Å²) in [5, 5.41) is 5.73. The van der Waals surface area contributed by atoms with Gasteiger partial charge in [-0.15, -0.1) is 0 Å². The first-order chi connectivity index (χ1) is 14.8. The van der Waals surface area contributed by atoms with E-state index < -0.39 is 16.6 Å². The van der Waals surface area contributed by atoms with Crippen LogP contribution in [0.2, 0.25) is 0 Å². The molecule has 0 bridgehead atoms. The number of amides is 1. The Labute approximate surface area is 180 Å². The number of aromatic nitrogens is 2. The number of primary amides is 1. The van der Waals surface area contributed by atoms with Crippen LogP contribution in [-0.4, -0.2) is 24.0 Å². The third-order valence-corrected chi connectivity index (χ3v) is 6.69. The van der Waals surface area contributed by atoms with Crippen LogP contribution >= 0.6 is 0 Å². The molecule has 2 aromatic carbocycles. The SMILES string of the molecule is Cc1noc(C)c1-c1cc(C(N)=O)c2c(c1)c1c(C[SH](=O)=O)cccc1n2CC1CC1. The van der Waals surface area contributed by atoms with E-state index in [9.17, 15) is 13.2 Å². The zero-order chi connectivity index (χ0) is 21.9. The van der Waals surface area contributed by atoms with Crippen LogP contribution in [0.15, 0.2) is 34.9 Å². The molecule has 0 atom stereocenters. The molecule has 7 nitrogen and oxygen atoms in total. The second-order valence-electron chi connectivity index (χ2n) is 8.34. The van der Waals surface area contributed by atoms with Crippen LogP contribution in [0.5, 0.6) is 0 Å². The first-order valence-corrected chi connectivity index (χ1v) is 11.6. The van der Waals surface area contributed by atoms with E-state index >= 15 is 0 Å². The molecule has 0 unspecified atom stereocenters. The molecule has 0 saturated heterocycles. The minimum atomic E-state index is -2.60. The minimum absolute atomic E-state index is 0.0589. The molecule has 2 heterocycles. The Morgan fingerprint density at radius 2 is 2.03 bits per heavy atom. The number of fused-ring (bicyclic) bond motifs is 3. The van der Waals surface area contributed by atoms with Gasteiger partial charge in [0.2, 0.25) is 0 Å². The molecule has 0 radical (unpaired) electrons. The highest BCUT2D eigenvalue weighted by Gasteiger charge is 2.27. The van der Waals surface area contributed by atoms with Crippen LogP contribution in [0.1, 0.15) is 40.2 Å². The largest absolute Gasteiger partial charge is 0.366 e. The fourth-order valence-electron chi connectivity index (χ4n) is 4.61. The third kappa shape index (κ3) is 3.31. The maximum Gasteiger partial charge on any atom is 0.250 e. The summed E-state index contributed by atoms with van der Waals surface area (Å²) in [6.45, 7) is 4.45. The maximum atomic E-state index is 12.6. The van der Waals surface area contributed by atoms with Crippen molar-refractivity contribution in [3.63, 3.8) is 0 Å². The van der Waals surface area contributed by atoms with Gasteiger partial charge in [-0.1, -0.05) is 17.3 Å². The number of benzene rings is 2. The van der Waals surface area contributed by atoms with Crippen molar-refractivity contribution in [3.8, 4) is 11.1 Å². The smallest absolute Gasteiger partial charge is 0.250 e. The Kier molecular flexibility index (Phi) is 4.62. The van der Waals surface area contributed by atoms with Gasteiger partial charge in [0, 0.05) is 28.4 Å². The molecule has 160 valence electrons. The van der Waals surface area contributed by atoms with E-state index in [1.54, 1.807) is 6.07 Å². The van der Waals surface area contributed by atoms with Gasteiger partial charge in [0.25, 0.3) is 5.91 Å². The number of rotatable bonds is 6. The average Bonchev–Trinajstić information content (AvgIpc) is 3.40. The summed E-state index contributed by atoms with van der Waals surface area (Å²) in [5.74, 6) is 0.629. The van der Waals surface area contributed by atoms with Gasteiger partial charge in [-0.25, -0.2) is 8.42 Å². The lowest BCUT2D eigenvalue weighted by atomic mass is 9.97. The fraction of sp³-hybridized carbons (Fsp3) is 0.304. The Balaban J connectivity index is 1.93. The van der Waals surface area contributed by atoms with Crippen LogP contribution in [0, 0.1) is 19.8 Å². The summed E-state index contributed by atoms with van der Waals surface area (Å²) < 4.78 is 30.7. The summed E-state index contributed by atoms with van der Waals surface area (Å²) in [5.41, 5.74) is 11.0. The Morgan fingerprint density at radius 3 is 2.65 bits per heavy atom. The zero-order valence-corrected chi connectivity index (χ0v) is 18.2. The quantitative estimate of drug-likeness (QED) is 0.447. The summed E-state index contributed by atoms with van der Waals surface area (Å²) in [7, 11) is -2.60. The number of aryl methyl sites for hydroxylation is 2. The molecular weight excluding hydrogens is 414 g/mol. The van der Waals surface area contributed by atoms with Crippen molar-refractivity contribution in [1.29, 1.82) is 0 Å². The first kappa shape index (κ1) is 19.8. The summed E-state index contributed by atoms with van der Waals surface area (Å²) >= 11 is 0. The maximum absolute atomic E-state index is 12.6. The molecule has 1 fully saturated rings. The predicted molar refractivity (Wildman–Crippen MR) is 120 cm³/mol. The van der Waals surface area contributed by atoms with Crippen molar-refractivity contribution >= 4 is 38.4 Å². The number of hydrogen-bond donors (Lipinski definition) is 2. The molecular formula is C23H23N3O4S. The van der Waals surface area contributed by atoms with Gasteiger partial charge in [0.15, 0.2) is 0 Å². The van der Waals surface area contributed by atoms with Crippen LogP contribution in [-0.2, 0) is 23.0 Å². The van der Waals surface area contributed by atoms with E-state index in [1.165, 1.54) is 0 Å². The monoisotopic (exact) mass is 437 g/mol. The normalized spacial score (nSPS) is 14.2. The lowest BCUT2D eigenvalue weighted by molar-refractivity contribution is 0.100. The molecule has 1 amide bonds. The molecule has 8 heteroatoms. The number of hydrogen-bond acceptors (Lipinski definition) is 5. The van der Waals surface area contributed by atoms with Crippen molar-refractivity contribution < 1.29 is 17.7 Å². The second kappa shape index (κ2) is 7.23. The molecule has 31 heavy (non-hydrogen) atoms. The van der Waals surface area contributed by atoms with E-state index in [4.69, 9.17) is 10.3 Å². The Hall–Kier alpha value is -3.13. The van der Waals surface area contributed by atoms with E-state index in [0.717, 1.165) is 63.6 Å². The number of carbonyl (C=O) groups is 1. The van der Waals surface area contributed by atoms with Gasteiger partial charge in [-0.05, 0) is 61.9 Å².